The van der Waals surface area contributed by atoms with Gasteiger partial charge in [-0.25, -0.2) is 0 Å². The van der Waals surface area contributed by atoms with E-state index in [1.807, 2.05) is 0 Å². The van der Waals surface area contributed by atoms with E-state index >= 15 is 0 Å². The summed E-state index contributed by atoms with van der Waals surface area (Å²) in [6, 6.07) is 0. The van der Waals surface area contributed by atoms with Crippen LogP contribution in [0.2, 0.25) is 0 Å². The highest BCUT2D eigenvalue weighted by molar-refractivity contribution is 9.09. The Morgan fingerprint density at radius 3 is 2.00 bits per heavy atom. The predicted octanol–water partition coefficient (Wildman–Crippen LogP) is 4.68. The summed E-state index contributed by atoms with van der Waals surface area (Å²) in [5.41, 5.74) is 0.146. The zero-order chi connectivity index (χ0) is 11.1. The van der Waals surface area contributed by atoms with E-state index in [0.29, 0.717) is 6.10 Å². The lowest BCUT2D eigenvalue weighted by molar-refractivity contribution is -0.0892. The molecule has 0 spiro atoms. The largest absolute Gasteiger partial charge is 0.371 e. The molecule has 0 unspecified atom stereocenters. The molecule has 0 bridgehead atoms. The van der Waals surface area contributed by atoms with Crippen LogP contribution in [0.5, 0.6) is 0 Å². The summed E-state index contributed by atoms with van der Waals surface area (Å²) in [5, 5.41) is 1.01. The molecule has 0 aromatic rings. The van der Waals surface area contributed by atoms with E-state index in [1.54, 1.807) is 0 Å². The van der Waals surface area contributed by atoms with Gasteiger partial charge in [0.2, 0.25) is 0 Å². The van der Waals surface area contributed by atoms with Gasteiger partial charge in [-0.1, -0.05) is 55.5 Å². The molecule has 90 valence electrons. The summed E-state index contributed by atoms with van der Waals surface area (Å²) >= 11 is 3.66. The van der Waals surface area contributed by atoms with Gasteiger partial charge in [0.05, 0.1) is 11.7 Å². The summed E-state index contributed by atoms with van der Waals surface area (Å²) in [6.07, 6.45) is 10.7. The Labute approximate surface area is 103 Å². The second-order valence-electron chi connectivity index (χ2n) is 4.79. The average Bonchev–Trinajstić information content (AvgIpc) is 2.52. The zero-order valence-electron chi connectivity index (χ0n) is 10.2. The van der Waals surface area contributed by atoms with Gasteiger partial charge in [-0.3, -0.25) is 0 Å². The highest BCUT2D eigenvalue weighted by Crippen LogP contribution is 2.34. The molecule has 1 aliphatic carbocycles. The van der Waals surface area contributed by atoms with Gasteiger partial charge in [-0.05, 0) is 25.7 Å². The lowest BCUT2D eigenvalue weighted by Crippen LogP contribution is -2.37. The van der Waals surface area contributed by atoms with Crippen molar-refractivity contribution in [3.05, 3.63) is 0 Å². The van der Waals surface area contributed by atoms with E-state index in [4.69, 9.17) is 4.74 Å². The van der Waals surface area contributed by atoms with Crippen LogP contribution in [0, 0.1) is 0 Å². The Morgan fingerprint density at radius 2 is 1.60 bits per heavy atom. The number of alkyl halides is 1. The summed E-state index contributed by atoms with van der Waals surface area (Å²) in [7, 11) is 0. The first-order chi connectivity index (χ1) is 7.26. The monoisotopic (exact) mass is 276 g/mol. The van der Waals surface area contributed by atoms with Crippen LogP contribution in [-0.2, 0) is 4.74 Å². The van der Waals surface area contributed by atoms with E-state index in [-0.39, 0.29) is 5.60 Å². The molecule has 0 radical (unpaired) electrons. The Bertz CT molecular complexity index is 158. The lowest BCUT2D eigenvalue weighted by Gasteiger charge is -2.35. The fourth-order valence-electron chi connectivity index (χ4n) is 2.46. The molecule has 15 heavy (non-hydrogen) atoms. The number of ether oxygens (including phenoxy) is 1. The topological polar surface area (TPSA) is 9.23 Å². The van der Waals surface area contributed by atoms with Crippen molar-refractivity contribution in [1.82, 2.24) is 0 Å². The van der Waals surface area contributed by atoms with Crippen LogP contribution in [0.4, 0.5) is 0 Å². The fourth-order valence-corrected chi connectivity index (χ4v) is 3.16. The lowest BCUT2D eigenvalue weighted by atomic mass is 9.96. The van der Waals surface area contributed by atoms with Crippen molar-refractivity contribution in [2.24, 2.45) is 0 Å². The molecule has 1 saturated carbocycles. The average molecular weight is 277 g/mol. The highest BCUT2D eigenvalue weighted by Gasteiger charge is 2.32. The van der Waals surface area contributed by atoms with Gasteiger partial charge < -0.3 is 4.74 Å². The molecule has 0 saturated heterocycles. The van der Waals surface area contributed by atoms with Gasteiger partial charge in [-0.15, -0.1) is 0 Å². The summed E-state index contributed by atoms with van der Waals surface area (Å²) in [4.78, 5) is 0. The third-order valence-corrected chi connectivity index (χ3v) is 4.61. The molecule has 0 aromatic heterocycles. The molecule has 0 N–H and O–H groups in total. The maximum Gasteiger partial charge on any atom is 0.0782 e. The molecule has 0 amide bonds. The number of hydrogen-bond donors (Lipinski definition) is 0. The minimum atomic E-state index is 0.146. The van der Waals surface area contributed by atoms with E-state index in [1.165, 1.54) is 38.5 Å². The van der Waals surface area contributed by atoms with Crippen molar-refractivity contribution < 1.29 is 4.74 Å². The molecule has 0 heterocycles. The SMILES string of the molecule is CCC(CC)OC1(CBr)CCCCCC1. The van der Waals surface area contributed by atoms with Crippen LogP contribution in [0.15, 0.2) is 0 Å². The minimum absolute atomic E-state index is 0.146. The third kappa shape index (κ3) is 4.07. The molecule has 0 aromatic carbocycles. The third-order valence-electron chi connectivity index (χ3n) is 3.59. The predicted molar refractivity (Wildman–Crippen MR) is 69.7 cm³/mol. The quantitative estimate of drug-likeness (QED) is 0.523. The maximum absolute atomic E-state index is 6.36. The number of halogens is 1. The van der Waals surface area contributed by atoms with Gasteiger partial charge in [0.15, 0.2) is 0 Å². The first-order valence-corrected chi connectivity index (χ1v) is 7.62. The second-order valence-corrected chi connectivity index (χ2v) is 5.35. The van der Waals surface area contributed by atoms with Gasteiger partial charge >= 0.3 is 0 Å². The molecule has 1 rings (SSSR count). The van der Waals surface area contributed by atoms with Crippen molar-refractivity contribution in [3.63, 3.8) is 0 Å². The Morgan fingerprint density at radius 1 is 1.07 bits per heavy atom. The first-order valence-electron chi connectivity index (χ1n) is 6.50. The van der Waals surface area contributed by atoms with Gasteiger partial charge in [0.1, 0.15) is 0 Å². The molecule has 0 atom stereocenters. The van der Waals surface area contributed by atoms with Gasteiger partial charge in [0, 0.05) is 5.33 Å². The number of rotatable bonds is 5. The zero-order valence-corrected chi connectivity index (χ0v) is 11.8. The molecular formula is C13H25BrO. The van der Waals surface area contributed by atoms with E-state index in [2.05, 4.69) is 29.8 Å². The van der Waals surface area contributed by atoms with Crippen LogP contribution in [0.1, 0.15) is 65.2 Å². The maximum atomic E-state index is 6.36. The normalized spacial score (nSPS) is 21.6. The van der Waals surface area contributed by atoms with E-state index < -0.39 is 0 Å². The Kier molecular flexibility index (Phi) is 6.21. The molecule has 1 fully saturated rings. The van der Waals surface area contributed by atoms with Crippen LogP contribution in [-0.4, -0.2) is 17.0 Å². The second kappa shape index (κ2) is 6.90. The smallest absolute Gasteiger partial charge is 0.0782 e. The van der Waals surface area contributed by atoms with Crippen molar-refractivity contribution in [2.45, 2.75) is 76.9 Å². The van der Waals surface area contributed by atoms with Gasteiger partial charge in [-0.2, -0.15) is 0 Å². The van der Waals surface area contributed by atoms with Crippen LogP contribution < -0.4 is 0 Å². The van der Waals surface area contributed by atoms with Crippen molar-refractivity contribution in [1.29, 1.82) is 0 Å². The Hall–Kier alpha value is 0.440. The van der Waals surface area contributed by atoms with Crippen LogP contribution >= 0.6 is 15.9 Å². The molecular weight excluding hydrogens is 252 g/mol. The first kappa shape index (κ1) is 13.5. The van der Waals surface area contributed by atoms with Gasteiger partial charge in [0.25, 0.3) is 0 Å². The standard InChI is InChI=1S/C13H25BrO/c1-3-12(4-2)15-13(11-14)9-7-5-6-8-10-13/h12H,3-11H2,1-2H3. The van der Waals surface area contributed by atoms with Crippen molar-refractivity contribution in [3.8, 4) is 0 Å². The minimum Gasteiger partial charge on any atom is -0.371 e. The molecule has 0 aliphatic heterocycles. The molecule has 1 aliphatic rings. The van der Waals surface area contributed by atoms with Crippen LogP contribution in [0.3, 0.4) is 0 Å². The van der Waals surface area contributed by atoms with Crippen molar-refractivity contribution >= 4 is 15.9 Å². The highest BCUT2D eigenvalue weighted by atomic mass is 79.9. The van der Waals surface area contributed by atoms with E-state index in [0.717, 1.165) is 18.2 Å². The van der Waals surface area contributed by atoms with Crippen molar-refractivity contribution in [2.75, 3.05) is 5.33 Å². The van der Waals surface area contributed by atoms with Crippen LogP contribution in [0.25, 0.3) is 0 Å². The summed E-state index contributed by atoms with van der Waals surface area (Å²) < 4.78 is 6.36. The van der Waals surface area contributed by atoms with E-state index in [9.17, 15) is 0 Å². The molecule has 2 heteroatoms. The summed E-state index contributed by atoms with van der Waals surface area (Å²) in [5.74, 6) is 0. The summed E-state index contributed by atoms with van der Waals surface area (Å²) in [6.45, 7) is 4.46. The fraction of sp³-hybridized carbons (Fsp3) is 1.00. The number of hydrogen-bond acceptors (Lipinski definition) is 1. The molecule has 1 nitrogen and oxygen atoms in total. The Balaban J connectivity index is 2.56.